The van der Waals surface area contributed by atoms with Gasteiger partial charge in [-0.3, -0.25) is 4.79 Å². The highest BCUT2D eigenvalue weighted by atomic mass is 32.1. The molecule has 2 aromatic heterocycles. The van der Waals surface area contributed by atoms with E-state index in [0.717, 1.165) is 16.3 Å². The number of hydrogen-bond acceptors (Lipinski definition) is 5. The minimum Gasteiger partial charge on any atom is -0.478 e. The third kappa shape index (κ3) is 2.99. The number of aromatic nitrogens is 1. The fourth-order valence-corrected chi connectivity index (χ4v) is 3.08. The number of anilines is 1. The van der Waals surface area contributed by atoms with E-state index in [1.54, 1.807) is 11.4 Å². The molecule has 0 radical (unpaired) electrons. The molecule has 0 bridgehead atoms. The summed E-state index contributed by atoms with van der Waals surface area (Å²) in [6.07, 6.45) is 0.733. The first-order valence-electron chi connectivity index (χ1n) is 5.60. The predicted octanol–water partition coefficient (Wildman–Crippen LogP) is 3.03. The minimum atomic E-state index is -1.04. The Balaban J connectivity index is 2.25. The fraction of sp³-hybridized carbons (Fsp3) is 0.250. The number of rotatable bonds is 4. The van der Waals surface area contributed by atoms with Crippen LogP contribution in [0, 0.1) is 6.92 Å². The molecule has 0 unspecified atom stereocenters. The van der Waals surface area contributed by atoms with E-state index in [4.69, 9.17) is 5.11 Å². The van der Waals surface area contributed by atoms with Crippen molar-refractivity contribution in [2.75, 3.05) is 5.32 Å². The second-order valence-corrected chi connectivity index (χ2v) is 6.02. The van der Waals surface area contributed by atoms with Gasteiger partial charge in [-0.05, 0) is 19.4 Å². The Morgan fingerprint density at radius 2 is 2.21 bits per heavy atom. The van der Waals surface area contributed by atoms with Crippen molar-refractivity contribution < 1.29 is 14.7 Å². The van der Waals surface area contributed by atoms with Gasteiger partial charge in [0.25, 0.3) is 5.91 Å². The maximum absolute atomic E-state index is 11.9. The van der Waals surface area contributed by atoms with Crippen LogP contribution in [0.15, 0.2) is 11.4 Å². The SMILES string of the molecule is CCc1cc(C(=O)O)c(NC(=O)c2csc(C)n2)s1. The fourth-order valence-electron chi connectivity index (χ4n) is 1.50. The third-order valence-electron chi connectivity index (χ3n) is 2.44. The molecule has 0 aliphatic rings. The molecule has 2 N–H and O–H groups in total. The zero-order chi connectivity index (χ0) is 14.0. The summed E-state index contributed by atoms with van der Waals surface area (Å²) >= 11 is 2.66. The molecule has 100 valence electrons. The quantitative estimate of drug-likeness (QED) is 0.909. The number of hydrogen-bond donors (Lipinski definition) is 2. The lowest BCUT2D eigenvalue weighted by atomic mass is 10.2. The van der Waals surface area contributed by atoms with Gasteiger partial charge in [0, 0.05) is 10.3 Å². The zero-order valence-corrected chi connectivity index (χ0v) is 12.0. The molecule has 0 saturated heterocycles. The number of nitrogens with one attached hydrogen (secondary N) is 1. The number of thiazole rings is 1. The van der Waals surface area contributed by atoms with Gasteiger partial charge in [-0.2, -0.15) is 0 Å². The Morgan fingerprint density at radius 3 is 2.74 bits per heavy atom. The summed E-state index contributed by atoms with van der Waals surface area (Å²) < 4.78 is 0. The number of carboxylic acid groups (broad SMARTS) is 1. The van der Waals surface area contributed by atoms with Crippen LogP contribution in [0.1, 0.15) is 37.7 Å². The molecule has 2 rings (SSSR count). The van der Waals surface area contributed by atoms with Gasteiger partial charge in [-0.15, -0.1) is 22.7 Å². The molecule has 19 heavy (non-hydrogen) atoms. The highest BCUT2D eigenvalue weighted by molar-refractivity contribution is 7.16. The lowest BCUT2D eigenvalue weighted by molar-refractivity contribution is 0.0698. The van der Waals surface area contributed by atoms with E-state index < -0.39 is 5.97 Å². The van der Waals surface area contributed by atoms with E-state index in [2.05, 4.69) is 10.3 Å². The number of carboxylic acids is 1. The molecule has 0 spiro atoms. The van der Waals surface area contributed by atoms with Crippen molar-refractivity contribution in [3.05, 3.63) is 32.6 Å². The molecule has 2 heterocycles. The number of aryl methyl sites for hydroxylation is 2. The lowest BCUT2D eigenvalue weighted by Crippen LogP contribution is -2.13. The first-order valence-corrected chi connectivity index (χ1v) is 7.30. The van der Waals surface area contributed by atoms with Crippen LogP contribution in [0.25, 0.3) is 0 Å². The maximum Gasteiger partial charge on any atom is 0.338 e. The van der Waals surface area contributed by atoms with Crippen molar-refractivity contribution in [1.82, 2.24) is 4.98 Å². The predicted molar refractivity (Wildman–Crippen MR) is 75.5 cm³/mol. The molecule has 7 heteroatoms. The number of carbonyl (C=O) groups excluding carboxylic acids is 1. The van der Waals surface area contributed by atoms with Crippen molar-refractivity contribution in [1.29, 1.82) is 0 Å². The largest absolute Gasteiger partial charge is 0.478 e. The Bertz CT molecular complexity index is 631. The van der Waals surface area contributed by atoms with E-state index in [9.17, 15) is 9.59 Å². The van der Waals surface area contributed by atoms with Crippen molar-refractivity contribution >= 4 is 39.6 Å². The molecule has 5 nitrogen and oxygen atoms in total. The lowest BCUT2D eigenvalue weighted by Gasteiger charge is -2.01. The van der Waals surface area contributed by atoms with Gasteiger partial charge in [0.1, 0.15) is 10.7 Å². The van der Waals surface area contributed by atoms with Gasteiger partial charge in [-0.1, -0.05) is 6.92 Å². The van der Waals surface area contributed by atoms with Gasteiger partial charge < -0.3 is 10.4 Å². The van der Waals surface area contributed by atoms with Crippen molar-refractivity contribution in [2.45, 2.75) is 20.3 Å². The van der Waals surface area contributed by atoms with E-state index in [0.29, 0.717) is 10.7 Å². The Kier molecular flexibility index (Phi) is 3.96. The summed E-state index contributed by atoms with van der Waals surface area (Å²) in [5.74, 6) is -1.42. The van der Waals surface area contributed by atoms with Crippen molar-refractivity contribution in [3.63, 3.8) is 0 Å². The third-order valence-corrected chi connectivity index (χ3v) is 4.41. The van der Waals surface area contributed by atoms with E-state index in [1.165, 1.54) is 22.7 Å². The summed E-state index contributed by atoms with van der Waals surface area (Å²) in [7, 11) is 0. The van der Waals surface area contributed by atoms with Crippen molar-refractivity contribution in [2.24, 2.45) is 0 Å². The average Bonchev–Trinajstić information content (AvgIpc) is 2.95. The van der Waals surface area contributed by atoms with Gasteiger partial charge >= 0.3 is 5.97 Å². The number of amides is 1. The average molecular weight is 296 g/mol. The van der Waals surface area contributed by atoms with Crippen LogP contribution < -0.4 is 5.32 Å². The zero-order valence-electron chi connectivity index (χ0n) is 10.4. The molecular formula is C12H12N2O3S2. The number of aromatic carboxylic acids is 1. The molecular weight excluding hydrogens is 284 g/mol. The van der Waals surface area contributed by atoms with Crippen LogP contribution in [-0.4, -0.2) is 22.0 Å². The van der Waals surface area contributed by atoms with Gasteiger partial charge in [-0.25, -0.2) is 9.78 Å². The Hall–Kier alpha value is -1.73. The smallest absolute Gasteiger partial charge is 0.338 e. The number of nitrogens with zero attached hydrogens (tertiary/aromatic N) is 1. The molecule has 0 atom stereocenters. The van der Waals surface area contributed by atoms with Crippen LogP contribution in [0.2, 0.25) is 0 Å². The van der Waals surface area contributed by atoms with Gasteiger partial charge in [0.2, 0.25) is 0 Å². The number of carbonyl (C=O) groups is 2. The minimum absolute atomic E-state index is 0.127. The van der Waals surface area contributed by atoms with E-state index in [-0.39, 0.29) is 11.5 Å². The Labute approximate surface area is 117 Å². The monoisotopic (exact) mass is 296 g/mol. The second-order valence-electron chi connectivity index (χ2n) is 3.82. The van der Waals surface area contributed by atoms with Gasteiger partial charge in [0.05, 0.1) is 10.6 Å². The molecule has 2 aromatic rings. The normalized spacial score (nSPS) is 10.4. The highest BCUT2D eigenvalue weighted by Crippen LogP contribution is 2.29. The highest BCUT2D eigenvalue weighted by Gasteiger charge is 2.18. The topological polar surface area (TPSA) is 79.3 Å². The molecule has 0 aromatic carbocycles. The second kappa shape index (κ2) is 5.50. The summed E-state index contributed by atoms with van der Waals surface area (Å²) in [4.78, 5) is 28.1. The van der Waals surface area contributed by atoms with Crippen LogP contribution in [0.5, 0.6) is 0 Å². The molecule has 0 aliphatic carbocycles. The van der Waals surface area contributed by atoms with Crippen LogP contribution in [0.4, 0.5) is 5.00 Å². The molecule has 1 amide bonds. The van der Waals surface area contributed by atoms with Crippen LogP contribution in [-0.2, 0) is 6.42 Å². The number of thiophene rings is 1. The van der Waals surface area contributed by atoms with Crippen molar-refractivity contribution in [3.8, 4) is 0 Å². The molecule has 0 saturated carbocycles. The van der Waals surface area contributed by atoms with Crippen LogP contribution >= 0.6 is 22.7 Å². The standard InChI is InChI=1S/C12H12N2O3S2/c1-3-7-4-8(12(16)17)11(19-7)14-10(15)9-5-18-6(2)13-9/h4-5H,3H2,1-2H3,(H,14,15)(H,16,17). The summed E-state index contributed by atoms with van der Waals surface area (Å²) in [5.41, 5.74) is 0.437. The Morgan fingerprint density at radius 1 is 1.47 bits per heavy atom. The summed E-state index contributed by atoms with van der Waals surface area (Å²) in [6, 6.07) is 1.59. The molecule has 0 aliphatic heterocycles. The first-order chi connectivity index (χ1) is 9.01. The van der Waals surface area contributed by atoms with Crippen LogP contribution in [0.3, 0.4) is 0 Å². The summed E-state index contributed by atoms with van der Waals surface area (Å²) in [6.45, 7) is 3.75. The molecule has 0 fully saturated rings. The summed E-state index contributed by atoms with van der Waals surface area (Å²) in [5, 5.41) is 14.5. The van der Waals surface area contributed by atoms with Gasteiger partial charge in [0.15, 0.2) is 0 Å². The van der Waals surface area contributed by atoms with E-state index in [1.807, 2.05) is 13.8 Å². The first kappa shape index (κ1) is 13.7. The maximum atomic E-state index is 11.9. The van der Waals surface area contributed by atoms with E-state index >= 15 is 0 Å².